The van der Waals surface area contributed by atoms with E-state index in [-0.39, 0.29) is 18.5 Å². The van der Waals surface area contributed by atoms with Gasteiger partial charge in [0.25, 0.3) is 0 Å². The fraction of sp³-hybridized carbons (Fsp3) is 0.423. The van der Waals surface area contributed by atoms with Crippen LogP contribution in [0.25, 0.3) is 34.2 Å². The third-order valence-corrected chi connectivity index (χ3v) is 6.57. The number of halogens is 1. The number of aromatic nitrogens is 6. The monoisotopic (exact) mass is 509 g/mol. The number of fused-ring (bicyclic) bond motifs is 4. The van der Waals surface area contributed by atoms with Crippen LogP contribution in [0.4, 0.5) is 4.39 Å². The lowest BCUT2D eigenvalue weighted by atomic mass is 10.0. The van der Waals surface area contributed by atoms with Gasteiger partial charge in [0.05, 0.1) is 54.0 Å². The normalized spacial score (nSPS) is 17.2. The number of hydrogen-bond acceptors (Lipinski definition) is 7. The summed E-state index contributed by atoms with van der Waals surface area (Å²) >= 11 is 0. The first-order valence-corrected chi connectivity index (χ1v) is 12.5. The van der Waals surface area contributed by atoms with E-state index in [4.69, 9.17) is 9.47 Å². The van der Waals surface area contributed by atoms with E-state index in [2.05, 4.69) is 32.2 Å². The molecule has 37 heavy (non-hydrogen) atoms. The molecule has 11 heteroatoms. The van der Waals surface area contributed by atoms with Crippen LogP contribution in [0.1, 0.15) is 37.7 Å². The zero-order valence-electron chi connectivity index (χ0n) is 21.5. The summed E-state index contributed by atoms with van der Waals surface area (Å²) in [6, 6.07) is 3.22. The molecule has 0 fully saturated rings. The van der Waals surface area contributed by atoms with Crippen molar-refractivity contribution in [2.24, 2.45) is 7.05 Å². The summed E-state index contributed by atoms with van der Waals surface area (Å²) in [7, 11) is 1.79. The van der Waals surface area contributed by atoms with E-state index < -0.39 is 0 Å². The Balaban J connectivity index is 1.72. The number of ether oxygens (including phenoxy) is 2. The molecule has 5 rings (SSSR count). The number of aliphatic hydroxyl groups is 1. The zero-order valence-corrected chi connectivity index (χ0v) is 21.5. The molecular weight excluding hydrogens is 477 g/mol. The third-order valence-electron chi connectivity index (χ3n) is 6.57. The van der Waals surface area contributed by atoms with Crippen molar-refractivity contribution in [3.05, 3.63) is 41.1 Å². The minimum absolute atomic E-state index is 0.0450. The fourth-order valence-corrected chi connectivity index (χ4v) is 4.76. The summed E-state index contributed by atoms with van der Waals surface area (Å²) in [6.45, 7) is 8.69. The predicted octanol–water partition coefficient (Wildman–Crippen LogP) is 3.46. The Kier molecular flexibility index (Phi) is 6.98. The maximum atomic E-state index is 15.3. The number of nitrogens with one attached hydrogen (secondary N) is 1. The van der Waals surface area contributed by atoms with Crippen LogP contribution < -0.4 is 9.47 Å². The van der Waals surface area contributed by atoms with Crippen molar-refractivity contribution in [3.8, 4) is 22.9 Å². The van der Waals surface area contributed by atoms with Crippen LogP contribution in [0.15, 0.2) is 18.3 Å². The molecule has 0 spiro atoms. The second-order valence-corrected chi connectivity index (χ2v) is 9.11. The van der Waals surface area contributed by atoms with Gasteiger partial charge in [-0.3, -0.25) is 14.7 Å². The number of hydrogen-bond donors (Lipinski definition) is 2. The highest BCUT2D eigenvalue weighted by Crippen LogP contribution is 2.36. The lowest BCUT2D eigenvalue weighted by molar-refractivity contribution is 0.133. The van der Waals surface area contributed by atoms with Gasteiger partial charge in [-0.2, -0.15) is 10.2 Å². The first kappa shape index (κ1) is 25.0. The molecule has 3 aromatic heterocycles. The molecule has 4 heterocycles. The van der Waals surface area contributed by atoms with Gasteiger partial charge < -0.3 is 14.6 Å². The third kappa shape index (κ3) is 4.72. The van der Waals surface area contributed by atoms with Crippen molar-refractivity contribution >= 4 is 23.1 Å². The molecule has 4 aromatic rings. The second-order valence-electron chi connectivity index (χ2n) is 9.11. The van der Waals surface area contributed by atoms with Crippen LogP contribution in [-0.2, 0) is 20.1 Å². The number of nitrogens with zero attached hydrogens (tertiary/aromatic N) is 6. The Morgan fingerprint density at radius 2 is 2.08 bits per heavy atom. The molecule has 0 saturated carbocycles. The largest absolute Gasteiger partial charge is 0.476 e. The van der Waals surface area contributed by atoms with E-state index in [1.54, 1.807) is 28.7 Å². The number of rotatable bonds is 5. The van der Waals surface area contributed by atoms with Crippen molar-refractivity contribution < 1.29 is 19.0 Å². The second kappa shape index (κ2) is 10.3. The van der Waals surface area contributed by atoms with Crippen molar-refractivity contribution in [2.45, 2.75) is 40.0 Å². The van der Waals surface area contributed by atoms with Crippen molar-refractivity contribution in [2.75, 3.05) is 26.3 Å². The molecule has 1 aliphatic rings. The summed E-state index contributed by atoms with van der Waals surface area (Å²) in [5.74, 6) is 0.613. The number of likely N-dealkylation sites (N-methyl/N-ethyl adjacent to an activating group) is 1. The van der Waals surface area contributed by atoms with E-state index in [0.29, 0.717) is 60.3 Å². The maximum Gasteiger partial charge on any atom is 0.240 e. The number of aromatic amines is 1. The van der Waals surface area contributed by atoms with Gasteiger partial charge >= 0.3 is 0 Å². The highest BCUT2D eigenvalue weighted by Gasteiger charge is 2.24. The van der Waals surface area contributed by atoms with E-state index in [9.17, 15) is 5.11 Å². The summed E-state index contributed by atoms with van der Waals surface area (Å²) < 4.78 is 30.9. The molecule has 1 aromatic carbocycles. The van der Waals surface area contributed by atoms with Crippen LogP contribution in [0.2, 0.25) is 0 Å². The highest BCUT2D eigenvalue weighted by molar-refractivity contribution is 5.93. The van der Waals surface area contributed by atoms with Crippen LogP contribution in [-0.4, -0.2) is 72.2 Å². The first-order valence-electron chi connectivity index (χ1n) is 12.5. The molecule has 196 valence electrons. The topological polar surface area (TPSA) is 106 Å². The van der Waals surface area contributed by atoms with Gasteiger partial charge in [0.15, 0.2) is 0 Å². The van der Waals surface area contributed by atoms with Crippen LogP contribution in [0.5, 0.6) is 11.8 Å². The van der Waals surface area contributed by atoms with Crippen molar-refractivity contribution in [1.82, 2.24) is 34.7 Å². The minimum atomic E-state index is -0.386. The number of aryl methyl sites for hydroxylation is 1. The molecule has 1 aliphatic heterocycles. The predicted molar refractivity (Wildman–Crippen MR) is 139 cm³/mol. The van der Waals surface area contributed by atoms with Gasteiger partial charge in [-0.15, -0.1) is 5.10 Å². The summed E-state index contributed by atoms with van der Waals surface area (Å²) in [6.07, 6.45) is 5.23. The molecule has 0 radical (unpaired) electrons. The Labute approximate surface area is 214 Å². The molecule has 10 nitrogen and oxygen atoms in total. The van der Waals surface area contributed by atoms with E-state index in [0.717, 1.165) is 23.2 Å². The SMILES string of the molecule is CCOc1nn(CCO)c2c1/C=C/c1n[nH]c3cc(F)c(cc13)-c1cnn(C)c1O[C@@H](C)CN(CC)C2. The van der Waals surface area contributed by atoms with E-state index in [1.165, 1.54) is 6.07 Å². The minimum Gasteiger partial charge on any atom is -0.476 e. The van der Waals surface area contributed by atoms with Crippen LogP contribution >= 0.6 is 0 Å². The fourth-order valence-electron chi connectivity index (χ4n) is 4.76. The molecule has 0 aliphatic carbocycles. The Hall–Kier alpha value is -3.70. The Morgan fingerprint density at radius 3 is 2.84 bits per heavy atom. The standard InChI is InChI=1S/C26H32FN7O3/c1-5-33-14-16(3)37-26-20(13-28-32(26)4)18-11-19-22(29-30-23(19)12-21(18)27)8-7-17-24(15-33)34(9-10-35)31-25(17)36-6-2/h7-8,11-13,16,35H,5-6,9-10,14-15H2,1-4H3,(H,29,30)/b8-7+/t16-/m0/s1. The van der Waals surface area contributed by atoms with Gasteiger partial charge in [-0.05, 0) is 38.6 Å². The zero-order chi connectivity index (χ0) is 26.1. The molecule has 2 N–H and O–H groups in total. The van der Waals surface area contributed by atoms with E-state index >= 15 is 4.39 Å². The van der Waals surface area contributed by atoms with Crippen LogP contribution in [0.3, 0.4) is 0 Å². The molecule has 0 amide bonds. The average Bonchev–Trinajstić information content (AvgIpc) is 3.53. The van der Waals surface area contributed by atoms with Crippen LogP contribution in [0, 0.1) is 5.82 Å². The molecule has 2 bridgehead atoms. The van der Waals surface area contributed by atoms with Crippen molar-refractivity contribution in [3.63, 3.8) is 0 Å². The Bertz CT molecular complexity index is 1440. The summed E-state index contributed by atoms with van der Waals surface area (Å²) in [5.41, 5.74) is 3.97. The summed E-state index contributed by atoms with van der Waals surface area (Å²) in [4.78, 5) is 2.24. The maximum absolute atomic E-state index is 15.3. The lowest BCUT2D eigenvalue weighted by Crippen LogP contribution is -2.34. The van der Waals surface area contributed by atoms with Crippen molar-refractivity contribution in [1.29, 1.82) is 0 Å². The van der Waals surface area contributed by atoms with Gasteiger partial charge in [0.2, 0.25) is 11.8 Å². The molecule has 0 saturated heterocycles. The van der Waals surface area contributed by atoms with Gasteiger partial charge in [-0.1, -0.05) is 6.92 Å². The number of aliphatic hydroxyl groups excluding tert-OH is 1. The van der Waals surface area contributed by atoms with E-state index in [1.807, 2.05) is 26.0 Å². The van der Waals surface area contributed by atoms with Gasteiger partial charge in [-0.25, -0.2) is 9.07 Å². The number of H-pyrrole nitrogens is 1. The molecule has 1 atom stereocenters. The lowest BCUT2D eigenvalue weighted by Gasteiger charge is -2.25. The smallest absolute Gasteiger partial charge is 0.240 e. The molecular formula is C26H32FN7O3. The number of benzene rings is 1. The average molecular weight is 510 g/mol. The molecule has 0 unspecified atom stereocenters. The highest BCUT2D eigenvalue weighted by atomic mass is 19.1. The van der Waals surface area contributed by atoms with Gasteiger partial charge in [0, 0.05) is 37.2 Å². The van der Waals surface area contributed by atoms with Gasteiger partial charge in [0.1, 0.15) is 11.9 Å². The first-order chi connectivity index (χ1) is 17.9. The Morgan fingerprint density at radius 1 is 1.24 bits per heavy atom. The quantitative estimate of drug-likeness (QED) is 0.424. The summed E-state index contributed by atoms with van der Waals surface area (Å²) in [5, 5.41) is 26.8.